The van der Waals surface area contributed by atoms with E-state index in [0.29, 0.717) is 0 Å². The molecule has 0 fully saturated rings. The van der Waals surface area contributed by atoms with Gasteiger partial charge in [0.1, 0.15) is 5.75 Å². The standard InChI is InChI=1S/C12H8ClN3O4/c13-8-2-1-6(5-7(8)12(18)19)20-10-4-3-9(11(14)17)15-16-10/h1-5H,(H2,14,17)(H,18,19). The molecule has 1 heterocycles. The number of benzene rings is 1. The molecule has 0 saturated heterocycles. The summed E-state index contributed by atoms with van der Waals surface area (Å²) in [6, 6.07) is 6.87. The van der Waals surface area contributed by atoms with E-state index >= 15 is 0 Å². The van der Waals surface area contributed by atoms with E-state index in [0.717, 1.165) is 0 Å². The van der Waals surface area contributed by atoms with Gasteiger partial charge in [-0.1, -0.05) is 11.6 Å². The summed E-state index contributed by atoms with van der Waals surface area (Å²) in [6.45, 7) is 0. The summed E-state index contributed by atoms with van der Waals surface area (Å²) < 4.78 is 5.31. The van der Waals surface area contributed by atoms with Crippen molar-refractivity contribution < 1.29 is 19.4 Å². The number of amides is 1. The summed E-state index contributed by atoms with van der Waals surface area (Å²) >= 11 is 5.73. The van der Waals surface area contributed by atoms with E-state index < -0.39 is 11.9 Å². The Morgan fingerprint density at radius 3 is 2.50 bits per heavy atom. The highest BCUT2D eigenvalue weighted by molar-refractivity contribution is 6.33. The molecule has 0 aliphatic heterocycles. The Balaban J connectivity index is 2.23. The number of aromatic nitrogens is 2. The highest BCUT2D eigenvalue weighted by Gasteiger charge is 2.11. The van der Waals surface area contributed by atoms with Crippen molar-refractivity contribution in [3.05, 3.63) is 46.6 Å². The van der Waals surface area contributed by atoms with Crippen molar-refractivity contribution in [3.8, 4) is 11.6 Å². The summed E-state index contributed by atoms with van der Waals surface area (Å²) in [7, 11) is 0. The van der Waals surface area contributed by atoms with Crippen LogP contribution in [0.15, 0.2) is 30.3 Å². The van der Waals surface area contributed by atoms with Crippen LogP contribution in [0.2, 0.25) is 5.02 Å². The molecule has 0 bridgehead atoms. The molecule has 0 radical (unpaired) electrons. The Hall–Kier alpha value is -2.67. The molecule has 3 N–H and O–H groups in total. The van der Waals surface area contributed by atoms with E-state index in [1.165, 1.54) is 30.3 Å². The van der Waals surface area contributed by atoms with Gasteiger partial charge in [-0.05, 0) is 24.3 Å². The Labute approximate surface area is 118 Å². The van der Waals surface area contributed by atoms with Crippen LogP contribution < -0.4 is 10.5 Å². The number of hydrogen-bond acceptors (Lipinski definition) is 5. The molecular formula is C12H8ClN3O4. The van der Waals surface area contributed by atoms with E-state index in [1.807, 2.05) is 0 Å². The molecule has 102 valence electrons. The second-order valence-corrected chi connectivity index (χ2v) is 4.08. The first-order chi connectivity index (χ1) is 9.47. The quantitative estimate of drug-likeness (QED) is 0.886. The van der Waals surface area contributed by atoms with Crippen molar-refractivity contribution in [3.63, 3.8) is 0 Å². The molecule has 7 nitrogen and oxygen atoms in total. The topological polar surface area (TPSA) is 115 Å². The maximum absolute atomic E-state index is 10.9. The number of primary amides is 1. The van der Waals surface area contributed by atoms with Crippen molar-refractivity contribution in [1.82, 2.24) is 10.2 Å². The first-order valence-electron chi connectivity index (χ1n) is 5.31. The van der Waals surface area contributed by atoms with Gasteiger partial charge in [-0.25, -0.2) is 4.79 Å². The van der Waals surface area contributed by atoms with Crippen molar-refractivity contribution in [2.75, 3.05) is 0 Å². The van der Waals surface area contributed by atoms with E-state index in [9.17, 15) is 9.59 Å². The molecule has 1 aromatic heterocycles. The Bertz CT molecular complexity index is 673. The van der Waals surface area contributed by atoms with Gasteiger partial charge in [0.2, 0.25) is 5.88 Å². The molecule has 0 spiro atoms. The van der Waals surface area contributed by atoms with Crippen molar-refractivity contribution in [1.29, 1.82) is 0 Å². The molecule has 1 aromatic carbocycles. The van der Waals surface area contributed by atoms with Gasteiger partial charge in [-0.15, -0.1) is 10.2 Å². The summed E-state index contributed by atoms with van der Waals surface area (Å²) in [6.07, 6.45) is 0. The number of carboxylic acids is 1. The van der Waals surface area contributed by atoms with Gasteiger partial charge in [0.05, 0.1) is 10.6 Å². The Morgan fingerprint density at radius 2 is 1.95 bits per heavy atom. The number of halogens is 1. The lowest BCUT2D eigenvalue weighted by molar-refractivity contribution is 0.0696. The van der Waals surface area contributed by atoms with Crippen LogP contribution in [-0.2, 0) is 0 Å². The van der Waals surface area contributed by atoms with Crippen LogP contribution in [0.25, 0.3) is 0 Å². The van der Waals surface area contributed by atoms with Gasteiger partial charge in [-0.3, -0.25) is 4.79 Å². The third-order valence-corrected chi connectivity index (χ3v) is 2.61. The van der Waals surface area contributed by atoms with Crippen LogP contribution in [-0.4, -0.2) is 27.2 Å². The molecule has 8 heteroatoms. The number of nitrogens with two attached hydrogens (primary N) is 1. The molecular weight excluding hydrogens is 286 g/mol. The zero-order valence-electron chi connectivity index (χ0n) is 9.91. The smallest absolute Gasteiger partial charge is 0.337 e. The molecule has 0 aliphatic carbocycles. The Morgan fingerprint density at radius 1 is 1.20 bits per heavy atom. The van der Waals surface area contributed by atoms with Crippen molar-refractivity contribution in [2.24, 2.45) is 5.73 Å². The highest BCUT2D eigenvalue weighted by Crippen LogP contribution is 2.25. The predicted octanol–water partition coefficient (Wildman–Crippen LogP) is 1.72. The average molecular weight is 294 g/mol. The molecule has 2 rings (SSSR count). The Kier molecular flexibility index (Phi) is 3.81. The van der Waals surface area contributed by atoms with E-state index in [1.54, 1.807) is 0 Å². The lowest BCUT2D eigenvalue weighted by Crippen LogP contribution is -2.13. The third kappa shape index (κ3) is 3.01. The second-order valence-electron chi connectivity index (χ2n) is 3.67. The SMILES string of the molecule is NC(=O)c1ccc(Oc2ccc(Cl)c(C(=O)O)c2)nn1. The number of carbonyl (C=O) groups excluding carboxylic acids is 1. The fourth-order valence-corrected chi connectivity index (χ4v) is 1.56. The van der Waals surface area contributed by atoms with Crippen LogP contribution >= 0.6 is 11.6 Å². The van der Waals surface area contributed by atoms with Gasteiger partial charge in [0, 0.05) is 6.07 Å². The average Bonchev–Trinajstić information content (AvgIpc) is 2.41. The van der Waals surface area contributed by atoms with Gasteiger partial charge in [0.15, 0.2) is 5.69 Å². The van der Waals surface area contributed by atoms with Gasteiger partial charge >= 0.3 is 5.97 Å². The molecule has 2 aromatic rings. The molecule has 1 amide bonds. The minimum Gasteiger partial charge on any atom is -0.478 e. The molecule has 0 atom stereocenters. The van der Waals surface area contributed by atoms with Crippen LogP contribution in [0.5, 0.6) is 11.6 Å². The predicted molar refractivity (Wildman–Crippen MR) is 69.0 cm³/mol. The summed E-state index contributed by atoms with van der Waals surface area (Å²) in [5.74, 6) is -1.55. The second kappa shape index (κ2) is 5.54. The summed E-state index contributed by atoms with van der Waals surface area (Å²) in [5, 5.41) is 16.2. The van der Waals surface area contributed by atoms with Gasteiger partial charge < -0.3 is 15.6 Å². The zero-order valence-corrected chi connectivity index (χ0v) is 10.7. The normalized spacial score (nSPS) is 10.1. The number of nitrogens with zero attached hydrogens (tertiary/aromatic N) is 2. The number of rotatable bonds is 4. The molecule has 20 heavy (non-hydrogen) atoms. The molecule has 0 saturated carbocycles. The lowest BCUT2D eigenvalue weighted by atomic mass is 10.2. The van der Waals surface area contributed by atoms with Gasteiger partial charge in [0.25, 0.3) is 5.91 Å². The van der Waals surface area contributed by atoms with Crippen LogP contribution in [0.4, 0.5) is 0 Å². The van der Waals surface area contributed by atoms with Crippen molar-refractivity contribution in [2.45, 2.75) is 0 Å². The zero-order chi connectivity index (χ0) is 14.7. The van der Waals surface area contributed by atoms with E-state index in [4.69, 9.17) is 27.2 Å². The maximum Gasteiger partial charge on any atom is 0.337 e. The van der Waals surface area contributed by atoms with Crippen LogP contribution in [0, 0.1) is 0 Å². The third-order valence-electron chi connectivity index (χ3n) is 2.28. The van der Waals surface area contributed by atoms with Crippen LogP contribution in [0.3, 0.4) is 0 Å². The van der Waals surface area contributed by atoms with E-state index in [2.05, 4.69) is 10.2 Å². The number of aromatic carboxylic acids is 1. The lowest BCUT2D eigenvalue weighted by Gasteiger charge is -2.06. The number of carbonyl (C=O) groups is 2. The monoisotopic (exact) mass is 293 g/mol. The first kappa shape index (κ1) is 13.8. The minimum atomic E-state index is -1.17. The fraction of sp³-hybridized carbons (Fsp3) is 0. The summed E-state index contributed by atoms with van der Waals surface area (Å²) in [4.78, 5) is 21.8. The van der Waals surface area contributed by atoms with E-state index in [-0.39, 0.29) is 27.9 Å². The largest absolute Gasteiger partial charge is 0.478 e. The summed E-state index contributed by atoms with van der Waals surface area (Å²) in [5.41, 5.74) is 4.93. The van der Waals surface area contributed by atoms with Crippen LogP contribution in [0.1, 0.15) is 20.8 Å². The van der Waals surface area contributed by atoms with Gasteiger partial charge in [-0.2, -0.15) is 0 Å². The fourth-order valence-electron chi connectivity index (χ4n) is 1.36. The minimum absolute atomic E-state index is 0.000295. The number of hydrogen-bond donors (Lipinski definition) is 2. The molecule has 0 aliphatic rings. The number of carboxylic acid groups (broad SMARTS) is 1. The maximum atomic E-state index is 10.9. The molecule has 0 unspecified atom stereocenters. The van der Waals surface area contributed by atoms with Crippen molar-refractivity contribution >= 4 is 23.5 Å². The number of ether oxygens (including phenoxy) is 1. The highest BCUT2D eigenvalue weighted by atomic mass is 35.5. The first-order valence-corrected chi connectivity index (χ1v) is 5.69.